The number of ether oxygens (including phenoxy) is 1. The van der Waals surface area contributed by atoms with Crippen molar-refractivity contribution in [3.05, 3.63) is 70.1 Å². The van der Waals surface area contributed by atoms with Gasteiger partial charge in [0.2, 0.25) is 5.88 Å². The van der Waals surface area contributed by atoms with Crippen LogP contribution in [0, 0.1) is 13.8 Å². The van der Waals surface area contributed by atoms with Crippen molar-refractivity contribution in [3.8, 4) is 11.6 Å². The largest absolute Gasteiger partial charge is 0.475 e. The zero-order chi connectivity index (χ0) is 20.3. The van der Waals surface area contributed by atoms with Crippen molar-refractivity contribution in [2.75, 3.05) is 0 Å². The Morgan fingerprint density at radius 1 is 1.18 bits per heavy atom. The highest BCUT2D eigenvalue weighted by Gasteiger charge is 2.12. The molecule has 2 aromatic heterocycles. The molecule has 7 heteroatoms. The molecule has 0 bridgehead atoms. The summed E-state index contributed by atoms with van der Waals surface area (Å²) < 4.78 is 7.28. The highest BCUT2D eigenvalue weighted by molar-refractivity contribution is 6.31. The average molecular weight is 399 g/mol. The summed E-state index contributed by atoms with van der Waals surface area (Å²) in [4.78, 5) is 16.6. The van der Waals surface area contributed by atoms with E-state index in [1.807, 2.05) is 45.9 Å². The van der Waals surface area contributed by atoms with Gasteiger partial charge in [-0.3, -0.25) is 4.79 Å². The molecule has 0 fully saturated rings. The Bertz CT molecular complexity index is 963. The lowest BCUT2D eigenvalue weighted by atomic mass is 10.2. The average Bonchev–Trinajstić information content (AvgIpc) is 2.94. The number of aryl methyl sites for hydroxylation is 1. The molecule has 0 saturated carbocycles. The number of nitrogens with one attached hydrogen (secondary N) is 1. The number of carbonyl (C=O) groups is 1. The van der Waals surface area contributed by atoms with Crippen LogP contribution in [0.3, 0.4) is 0 Å². The standard InChI is InChI=1S/C21H23ClN4O2/c1-13(2)28-19-10-5-16(11-23-19)12-24-21(27)17-6-8-18(9-7-17)26-15(4)20(22)14(3)25-26/h5-11,13H,12H2,1-4H3,(H,24,27). The molecule has 28 heavy (non-hydrogen) atoms. The number of rotatable bonds is 6. The van der Waals surface area contributed by atoms with Gasteiger partial charge < -0.3 is 10.1 Å². The number of hydrogen-bond donors (Lipinski definition) is 1. The first-order valence-electron chi connectivity index (χ1n) is 9.07. The van der Waals surface area contributed by atoms with Crippen LogP contribution in [0.15, 0.2) is 42.6 Å². The van der Waals surface area contributed by atoms with Gasteiger partial charge in [0.1, 0.15) is 0 Å². The van der Waals surface area contributed by atoms with Crippen LogP contribution in [0.4, 0.5) is 0 Å². The van der Waals surface area contributed by atoms with Crippen LogP contribution in [-0.4, -0.2) is 26.8 Å². The maximum absolute atomic E-state index is 12.4. The third kappa shape index (κ3) is 4.51. The molecule has 3 rings (SSSR count). The number of benzene rings is 1. The van der Waals surface area contributed by atoms with Gasteiger partial charge in [0.05, 0.1) is 28.2 Å². The summed E-state index contributed by atoms with van der Waals surface area (Å²) in [6.07, 6.45) is 1.78. The van der Waals surface area contributed by atoms with Gasteiger partial charge in [0.25, 0.3) is 5.91 Å². The van der Waals surface area contributed by atoms with Gasteiger partial charge in [0.15, 0.2) is 0 Å². The van der Waals surface area contributed by atoms with E-state index in [1.54, 1.807) is 29.1 Å². The molecule has 0 atom stereocenters. The van der Waals surface area contributed by atoms with Crippen molar-refractivity contribution in [1.82, 2.24) is 20.1 Å². The fraction of sp³-hybridized carbons (Fsp3) is 0.286. The molecule has 1 N–H and O–H groups in total. The Morgan fingerprint density at radius 3 is 2.43 bits per heavy atom. The van der Waals surface area contributed by atoms with Crippen LogP contribution in [0.5, 0.6) is 5.88 Å². The summed E-state index contributed by atoms with van der Waals surface area (Å²) in [5.74, 6) is 0.422. The van der Waals surface area contributed by atoms with Gasteiger partial charge in [-0.05, 0) is 57.5 Å². The van der Waals surface area contributed by atoms with E-state index in [0.717, 1.165) is 22.6 Å². The third-order valence-corrected chi connectivity index (χ3v) is 4.73. The molecule has 1 aromatic carbocycles. The van der Waals surface area contributed by atoms with Crippen LogP contribution in [0.2, 0.25) is 5.02 Å². The predicted octanol–water partition coefficient (Wildman–Crippen LogP) is 4.25. The van der Waals surface area contributed by atoms with Crippen molar-refractivity contribution >= 4 is 17.5 Å². The van der Waals surface area contributed by atoms with Gasteiger partial charge in [-0.1, -0.05) is 17.7 Å². The summed E-state index contributed by atoms with van der Waals surface area (Å²) in [5.41, 5.74) is 3.98. The van der Waals surface area contributed by atoms with Gasteiger partial charge in [-0.2, -0.15) is 5.10 Å². The Morgan fingerprint density at radius 2 is 1.89 bits per heavy atom. The first-order valence-corrected chi connectivity index (χ1v) is 9.45. The zero-order valence-electron chi connectivity index (χ0n) is 16.4. The molecule has 6 nitrogen and oxygen atoms in total. The number of pyridine rings is 1. The highest BCUT2D eigenvalue weighted by Crippen LogP contribution is 2.22. The fourth-order valence-corrected chi connectivity index (χ4v) is 2.86. The molecule has 0 spiro atoms. The second-order valence-corrected chi connectivity index (χ2v) is 7.18. The smallest absolute Gasteiger partial charge is 0.251 e. The van der Waals surface area contributed by atoms with Crippen LogP contribution >= 0.6 is 11.6 Å². The number of carbonyl (C=O) groups excluding carboxylic acids is 1. The molecular weight excluding hydrogens is 376 g/mol. The Kier molecular flexibility index (Phi) is 5.99. The van der Waals surface area contributed by atoms with E-state index in [4.69, 9.17) is 16.3 Å². The van der Waals surface area contributed by atoms with Crippen LogP contribution < -0.4 is 10.1 Å². The normalized spacial score (nSPS) is 10.9. The second kappa shape index (κ2) is 8.44. The van der Waals surface area contributed by atoms with E-state index in [9.17, 15) is 4.79 Å². The fourth-order valence-electron chi connectivity index (χ4n) is 2.74. The molecule has 146 valence electrons. The first-order chi connectivity index (χ1) is 13.3. The number of amides is 1. The van der Waals surface area contributed by atoms with E-state index < -0.39 is 0 Å². The lowest BCUT2D eigenvalue weighted by molar-refractivity contribution is 0.0951. The summed E-state index contributed by atoms with van der Waals surface area (Å²) in [5, 5.41) is 7.97. The van der Waals surface area contributed by atoms with Crippen LogP contribution in [0.1, 0.15) is 41.2 Å². The molecule has 0 unspecified atom stereocenters. The minimum Gasteiger partial charge on any atom is -0.475 e. The van der Waals surface area contributed by atoms with E-state index in [0.29, 0.717) is 23.0 Å². The zero-order valence-corrected chi connectivity index (χ0v) is 17.1. The van der Waals surface area contributed by atoms with E-state index in [2.05, 4.69) is 15.4 Å². The lowest BCUT2D eigenvalue weighted by Gasteiger charge is -2.10. The van der Waals surface area contributed by atoms with Crippen molar-refractivity contribution in [1.29, 1.82) is 0 Å². The number of halogens is 1. The predicted molar refractivity (Wildman–Crippen MR) is 109 cm³/mol. The van der Waals surface area contributed by atoms with Crippen LogP contribution in [-0.2, 0) is 6.54 Å². The topological polar surface area (TPSA) is 69.0 Å². The SMILES string of the molecule is Cc1nn(-c2ccc(C(=O)NCc3ccc(OC(C)C)nc3)cc2)c(C)c1Cl. The summed E-state index contributed by atoms with van der Waals surface area (Å²) in [6, 6.07) is 10.9. The molecule has 0 aliphatic rings. The molecule has 0 radical (unpaired) electrons. The molecule has 3 aromatic rings. The van der Waals surface area contributed by atoms with Gasteiger partial charge in [-0.15, -0.1) is 0 Å². The Labute approximate surface area is 169 Å². The molecular formula is C21H23ClN4O2. The third-order valence-electron chi connectivity index (χ3n) is 4.18. The van der Waals surface area contributed by atoms with Crippen molar-refractivity contribution in [3.63, 3.8) is 0 Å². The van der Waals surface area contributed by atoms with Gasteiger partial charge in [0, 0.05) is 24.4 Å². The molecule has 1 amide bonds. The Balaban J connectivity index is 1.62. The Hall–Kier alpha value is -2.86. The van der Waals surface area contributed by atoms with Gasteiger partial charge >= 0.3 is 0 Å². The number of nitrogens with zero attached hydrogens (tertiary/aromatic N) is 3. The molecule has 0 saturated heterocycles. The monoisotopic (exact) mass is 398 g/mol. The summed E-state index contributed by atoms with van der Waals surface area (Å²) in [7, 11) is 0. The van der Waals surface area contributed by atoms with E-state index in [1.165, 1.54) is 0 Å². The second-order valence-electron chi connectivity index (χ2n) is 6.80. The summed E-state index contributed by atoms with van der Waals surface area (Å²) in [6.45, 7) is 8.07. The molecule has 0 aliphatic heterocycles. The lowest BCUT2D eigenvalue weighted by Crippen LogP contribution is -2.22. The van der Waals surface area contributed by atoms with Crippen molar-refractivity contribution in [2.24, 2.45) is 0 Å². The van der Waals surface area contributed by atoms with Crippen LogP contribution in [0.25, 0.3) is 5.69 Å². The number of hydrogen-bond acceptors (Lipinski definition) is 4. The van der Waals surface area contributed by atoms with E-state index in [-0.39, 0.29) is 12.0 Å². The maximum Gasteiger partial charge on any atom is 0.251 e. The quantitative estimate of drug-likeness (QED) is 0.673. The minimum atomic E-state index is -0.152. The first kappa shape index (κ1) is 19.9. The van der Waals surface area contributed by atoms with E-state index >= 15 is 0 Å². The minimum absolute atomic E-state index is 0.0755. The van der Waals surface area contributed by atoms with Crippen molar-refractivity contribution < 1.29 is 9.53 Å². The molecule has 2 heterocycles. The molecule has 0 aliphatic carbocycles. The van der Waals surface area contributed by atoms with Gasteiger partial charge in [-0.25, -0.2) is 9.67 Å². The number of aromatic nitrogens is 3. The van der Waals surface area contributed by atoms with Crippen molar-refractivity contribution in [2.45, 2.75) is 40.3 Å². The summed E-state index contributed by atoms with van der Waals surface area (Å²) >= 11 is 6.20. The highest BCUT2D eigenvalue weighted by atomic mass is 35.5. The maximum atomic E-state index is 12.4.